The van der Waals surface area contributed by atoms with Crippen LogP contribution in [-0.4, -0.2) is 23.7 Å². The summed E-state index contributed by atoms with van der Waals surface area (Å²) in [4.78, 5) is 11.2. The molecule has 1 rings (SSSR count). The lowest BCUT2D eigenvalue weighted by atomic mass is 9.75. The highest BCUT2D eigenvalue weighted by Crippen LogP contribution is 2.35. The van der Waals surface area contributed by atoms with E-state index < -0.39 is 5.97 Å². The molecule has 1 saturated carbocycles. The number of hydrogen-bond donors (Lipinski definition) is 2. The predicted octanol–water partition coefficient (Wildman–Crippen LogP) is 2.80. The minimum absolute atomic E-state index is 0.178. The summed E-state index contributed by atoms with van der Waals surface area (Å²) >= 11 is 0. The number of hydrogen-bond acceptors (Lipinski definition) is 3. The van der Waals surface area contributed by atoms with Gasteiger partial charge >= 0.3 is 5.97 Å². The Morgan fingerprint density at radius 3 is 2.47 bits per heavy atom. The molecule has 1 atom stereocenters. The first-order valence-electron chi connectivity index (χ1n) is 7.24. The van der Waals surface area contributed by atoms with Crippen molar-refractivity contribution in [1.82, 2.24) is 5.32 Å². The lowest BCUT2D eigenvalue weighted by molar-refractivity contribution is -0.142. The quantitative estimate of drug-likeness (QED) is 0.775. The van der Waals surface area contributed by atoms with Crippen molar-refractivity contribution in [1.29, 1.82) is 5.26 Å². The Kier molecular flexibility index (Phi) is 5.81. The predicted molar refractivity (Wildman–Crippen MR) is 74.6 cm³/mol. The van der Waals surface area contributed by atoms with E-state index >= 15 is 0 Å². The summed E-state index contributed by atoms with van der Waals surface area (Å²) < 4.78 is 0. The molecule has 1 aliphatic rings. The maximum absolute atomic E-state index is 11.2. The SMILES string of the molecule is CC(C)CC(CNC1CCC(C)(C#N)CC1)C(=O)O. The number of nitrogens with one attached hydrogen (secondary N) is 1. The lowest BCUT2D eigenvalue weighted by Gasteiger charge is -2.33. The van der Waals surface area contributed by atoms with Crippen molar-refractivity contribution in [3.05, 3.63) is 0 Å². The first-order chi connectivity index (χ1) is 8.86. The van der Waals surface area contributed by atoms with E-state index in [1.165, 1.54) is 0 Å². The van der Waals surface area contributed by atoms with E-state index in [1.54, 1.807) is 0 Å². The standard InChI is InChI=1S/C15H26N2O2/c1-11(2)8-12(14(18)19)9-17-13-4-6-15(3,10-16)7-5-13/h11-13,17H,4-9H2,1-3H3,(H,18,19). The molecule has 0 amide bonds. The molecule has 0 aliphatic heterocycles. The molecule has 0 aromatic heterocycles. The van der Waals surface area contributed by atoms with Gasteiger partial charge in [-0.05, 0) is 44.9 Å². The minimum atomic E-state index is -0.709. The van der Waals surface area contributed by atoms with Crippen molar-refractivity contribution in [3.63, 3.8) is 0 Å². The monoisotopic (exact) mass is 266 g/mol. The summed E-state index contributed by atoms with van der Waals surface area (Å²) in [5, 5.41) is 21.6. The molecule has 0 spiro atoms. The first-order valence-corrected chi connectivity index (χ1v) is 7.24. The fourth-order valence-electron chi connectivity index (χ4n) is 2.72. The molecular weight excluding hydrogens is 240 g/mol. The Labute approximate surface area is 116 Å². The van der Waals surface area contributed by atoms with Crippen LogP contribution in [0.15, 0.2) is 0 Å². The van der Waals surface area contributed by atoms with Crippen LogP contribution in [0.4, 0.5) is 0 Å². The second-order valence-corrected chi connectivity index (χ2v) is 6.52. The third-order valence-corrected chi connectivity index (χ3v) is 4.12. The molecule has 1 aliphatic carbocycles. The van der Waals surface area contributed by atoms with Gasteiger partial charge in [0, 0.05) is 12.6 Å². The summed E-state index contributed by atoms with van der Waals surface area (Å²) in [7, 11) is 0. The van der Waals surface area contributed by atoms with E-state index in [2.05, 4.69) is 25.2 Å². The Balaban J connectivity index is 2.37. The van der Waals surface area contributed by atoms with Gasteiger partial charge in [-0.25, -0.2) is 0 Å². The molecule has 0 saturated heterocycles. The van der Waals surface area contributed by atoms with Gasteiger partial charge in [-0.15, -0.1) is 0 Å². The zero-order valence-corrected chi connectivity index (χ0v) is 12.3. The van der Waals surface area contributed by atoms with Crippen LogP contribution < -0.4 is 5.32 Å². The van der Waals surface area contributed by atoms with Gasteiger partial charge in [-0.2, -0.15) is 5.26 Å². The summed E-state index contributed by atoms with van der Waals surface area (Å²) in [5.41, 5.74) is -0.178. The summed E-state index contributed by atoms with van der Waals surface area (Å²) in [6, 6.07) is 2.76. The van der Waals surface area contributed by atoms with Crippen molar-refractivity contribution < 1.29 is 9.90 Å². The number of nitrogens with zero attached hydrogens (tertiary/aromatic N) is 1. The average Bonchev–Trinajstić information content (AvgIpc) is 2.36. The molecule has 2 N–H and O–H groups in total. The third kappa shape index (κ3) is 5.20. The van der Waals surface area contributed by atoms with E-state index in [-0.39, 0.29) is 11.3 Å². The second-order valence-electron chi connectivity index (χ2n) is 6.52. The lowest BCUT2D eigenvalue weighted by Crippen LogP contribution is -2.40. The van der Waals surface area contributed by atoms with E-state index in [4.69, 9.17) is 5.26 Å². The minimum Gasteiger partial charge on any atom is -0.481 e. The molecule has 4 heteroatoms. The fourth-order valence-corrected chi connectivity index (χ4v) is 2.72. The maximum atomic E-state index is 11.2. The number of rotatable bonds is 6. The molecular formula is C15H26N2O2. The largest absolute Gasteiger partial charge is 0.481 e. The molecule has 0 bridgehead atoms. The molecule has 4 nitrogen and oxygen atoms in total. The summed E-state index contributed by atoms with van der Waals surface area (Å²) in [5.74, 6) is -0.612. The van der Waals surface area contributed by atoms with E-state index in [1.807, 2.05) is 6.92 Å². The van der Waals surface area contributed by atoms with E-state index in [0.717, 1.165) is 25.7 Å². The van der Waals surface area contributed by atoms with Crippen molar-refractivity contribution in [2.24, 2.45) is 17.3 Å². The normalized spacial score (nSPS) is 28.9. The summed E-state index contributed by atoms with van der Waals surface area (Å²) in [6.07, 6.45) is 4.47. The molecule has 1 unspecified atom stereocenters. The van der Waals surface area contributed by atoms with Crippen molar-refractivity contribution >= 4 is 5.97 Å². The Hall–Kier alpha value is -1.08. The van der Waals surface area contributed by atoms with Gasteiger partial charge in [0.25, 0.3) is 0 Å². The topological polar surface area (TPSA) is 73.1 Å². The molecule has 19 heavy (non-hydrogen) atoms. The third-order valence-electron chi connectivity index (χ3n) is 4.12. The number of carboxylic acid groups (broad SMARTS) is 1. The van der Waals surface area contributed by atoms with E-state index in [0.29, 0.717) is 24.9 Å². The molecule has 0 aromatic rings. The van der Waals surface area contributed by atoms with Gasteiger partial charge in [0.15, 0.2) is 0 Å². The van der Waals surface area contributed by atoms with Crippen LogP contribution in [0, 0.1) is 28.6 Å². The van der Waals surface area contributed by atoms with Gasteiger partial charge in [0.1, 0.15) is 0 Å². The van der Waals surface area contributed by atoms with Crippen molar-refractivity contribution in [3.8, 4) is 6.07 Å². The van der Waals surface area contributed by atoms with Crippen LogP contribution in [0.5, 0.6) is 0 Å². The Morgan fingerprint density at radius 2 is 2.05 bits per heavy atom. The Bertz CT molecular complexity index is 339. The van der Waals surface area contributed by atoms with Crippen LogP contribution in [0.25, 0.3) is 0 Å². The number of carboxylic acids is 1. The van der Waals surface area contributed by atoms with Crippen molar-refractivity contribution in [2.45, 2.75) is 58.9 Å². The van der Waals surface area contributed by atoms with E-state index in [9.17, 15) is 9.90 Å². The zero-order chi connectivity index (χ0) is 14.5. The smallest absolute Gasteiger partial charge is 0.307 e. The summed E-state index contributed by atoms with van der Waals surface area (Å²) in [6.45, 7) is 6.66. The molecule has 0 radical (unpaired) electrons. The average molecular weight is 266 g/mol. The number of nitriles is 1. The van der Waals surface area contributed by atoms with Gasteiger partial charge < -0.3 is 10.4 Å². The molecule has 0 heterocycles. The molecule has 0 aromatic carbocycles. The second kappa shape index (κ2) is 6.91. The number of aliphatic carboxylic acids is 1. The highest BCUT2D eigenvalue weighted by atomic mass is 16.4. The number of carbonyl (C=O) groups is 1. The Morgan fingerprint density at radius 1 is 1.47 bits per heavy atom. The van der Waals surface area contributed by atoms with Gasteiger partial charge in [0.2, 0.25) is 0 Å². The maximum Gasteiger partial charge on any atom is 0.307 e. The van der Waals surface area contributed by atoms with Crippen LogP contribution in [-0.2, 0) is 4.79 Å². The highest BCUT2D eigenvalue weighted by molar-refractivity contribution is 5.70. The molecule has 108 valence electrons. The van der Waals surface area contributed by atoms with Crippen LogP contribution in [0.3, 0.4) is 0 Å². The van der Waals surface area contributed by atoms with Crippen LogP contribution in [0.2, 0.25) is 0 Å². The van der Waals surface area contributed by atoms with Gasteiger partial charge in [0.05, 0.1) is 17.4 Å². The first kappa shape index (κ1) is 16.0. The van der Waals surface area contributed by atoms with Gasteiger partial charge in [-0.3, -0.25) is 4.79 Å². The fraction of sp³-hybridized carbons (Fsp3) is 0.867. The van der Waals surface area contributed by atoms with Crippen LogP contribution in [0.1, 0.15) is 52.9 Å². The molecule has 1 fully saturated rings. The van der Waals surface area contributed by atoms with Crippen molar-refractivity contribution in [2.75, 3.05) is 6.54 Å². The van der Waals surface area contributed by atoms with Gasteiger partial charge in [-0.1, -0.05) is 13.8 Å². The zero-order valence-electron chi connectivity index (χ0n) is 12.3. The van der Waals surface area contributed by atoms with Crippen LogP contribution >= 0.6 is 0 Å². The highest BCUT2D eigenvalue weighted by Gasteiger charge is 2.31.